The van der Waals surface area contributed by atoms with Gasteiger partial charge in [0.1, 0.15) is 15.9 Å². The molecule has 0 aromatic carbocycles. The fraction of sp³-hybridized carbons (Fsp3) is 0.182. The number of hydrogen-bond acceptors (Lipinski definition) is 6. The zero-order valence-corrected chi connectivity index (χ0v) is 11.1. The van der Waals surface area contributed by atoms with Crippen LogP contribution >= 0.6 is 11.8 Å². The Morgan fingerprint density at radius 1 is 1.20 bits per heavy atom. The topological polar surface area (TPSA) is 76.7 Å². The molecule has 9 heteroatoms. The Morgan fingerprint density at radius 2 is 1.95 bits per heavy atom. The molecule has 2 heterocycles. The minimum absolute atomic E-state index is 0.0752. The van der Waals surface area contributed by atoms with Gasteiger partial charge in [-0.1, -0.05) is 0 Å². The zero-order valence-electron chi connectivity index (χ0n) is 10.3. The predicted octanol–water partition coefficient (Wildman–Crippen LogP) is 2.67. The largest absolute Gasteiger partial charge is 0.417 e. The first-order chi connectivity index (χ1) is 9.38. The van der Waals surface area contributed by atoms with E-state index in [-0.39, 0.29) is 5.95 Å². The van der Waals surface area contributed by atoms with Gasteiger partial charge in [-0.05, 0) is 23.9 Å². The number of aromatic nitrogens is 3. The van der Waals surface area contributed by atoms with Crippen molar-refractivity contribution < 1.29 is 13.2 Å². The first-order valence-electron chi connectivity index (χ1n) is 5.42. The second-order valence-electron chi connectivity index (χ2n) is 3.68. The van der Waals surface area contributed by atoms with Crippen LogP contribution in [0.4, 0.5) is 24.9 Å². The van der Waals surface area contributed by atoms with Gasteiger partial charge in [0, 0.05) is 19.3 Å². The predicted molar refractivity (Wildman–Crippen MR) is 69.4 cm³/mol. The Morgan fingerprint density at radius 3 is 2.50 bits per heavy atom. The van der Waals surface area contributed by atoms with E-state index in [1.807, 2.05) is 0 Å². The van der Waals surface area contributed by atoms with Crippen molar-refractivity contribution >= 4 is 23.5 Å². The van der Waals surface area contributed by atoms with Crippen LogP contribution in [0.2, 0.25) is 0 Å². The van der Waals surface area contributed by atoms with Gasteiger partial charge in [0.2, 0.25) is 5.95 Å². The van der Waals surface area contributed by atoms with Crippen LogP contribution in [0.5, 0.6) is 0 Å². The van der Waals surface area contributed by atoms with Crippen molar-refractivity contribution in [3.05, 3.63) is 30.0 Å². The first kappa shape index (κ1) is 14.4. The first-order valence-corrected chi connectivity index (χ1v) is 6.23. The van der Waals surface area contributed by atoms with Gasteiger partial charge >= 0.3 is 6.18 Å². The summed E-state index contributed by atoms with van der Waals surface area (Å²) in [5.74, 6) is 0.596. The Hall–Kier alpha value is -2.03. The van der Waals surface area contributed by atoms with Crippen molar-refractivity contribution in [3.63, 3.8) is 0 Å². The molecule has 2 aromatic rings. The molecular weight excluding hydrogens is 291 g/mol. The minimum atomic E-state index is -4.39. The molecule has 0 spiro atoms. The number of anilines is 2. The van der Waals surface area contributed by atoms with Crippen LogP contribution in [0.15, 0.2) is 34.4 Å². The molecule has 5 nitrogen and oxygen atoms in total. The lowest BCUT2D eigenvalue weighted by atomic mass is 10.3. The van der Waals surface area contributed by atoms with E-state index in [2.05, 4.69) is 20.3 Å². The average Bonchev–Trinajstić information content (AvgIpc) is 2.37. The quantitative estimate of drug-likeness (QED) is 0.849. The maximum absolute atomic E-state index is 12.4. The van der Waals surface area contributed by atoms with Crippen molar-refractivity contribution in [2.75, 3.05) is 18.1 Å². The molecule has 0 atom stereocenters. The molecule has 0 radical (unpaired) electrons. The fourth-order valence-electron chi connectivity index (χ4n) is 1.34. The lowest BCUT2D eigenvalue weighted by Crippen LogP contribution is -2.05. The summed E-state index contributed by atoms with van der Waals surface area (Å²) in [6.45, 7) is 0. The summed E-state index contributed by atoms with van der Waals surface area (Å²) in [5.41, 5.74) is 4.73. The van der Waals surface area contributed by atoms with Gasteiger partial charge in [-0.2, -0.15) is 18.2 Å². The van der Waals surface area contributed by atoms with E-state index in [9.17, 15) is 13.2 Å². The van der Waals surface area contributed by atoms with E-state index in [1.165, 1.54) is 6.07 Å². The molecule has 0 unspecified atom stereocenters. The monoisotopic (exact) mass is 301 g/mol. The molecule has 2 aromatic heterocycles. The van der Waals surface area contributed by atoms with Crippen LogP contribution in [0.1, 0.15) is 5.56 Å². The van der Waals surface area contributed by atoms with Crippen LogP contribution in [0.25, 0.3) is 0 Å². The van der Waals surface area contributed by atoms with Gasteiger partial charge in [0.25, 0.3) is 0 Å². The van der Waals surface area contributed by atoms with Gasteiger partial charge in [-0.15, -0.1) is 0 Å². The summed E-state index contributed by atoms with van der Waals surface area (Å²) in [6, 6.07) is 3.88. The SMILES string of the molecule is CNc1cc(Sc2ccc(C(F)(F)F)cn2)nc(N)n1. The summed E-state index contributed by atoms with van der Waals surface area (Å²) in [7, 11) is 1.67. The van der Waals surface area contributed by atoms with Crippen LogP contribution in [-0.4, -0.2) is 22.0 Å². The van der Waals surface area contributed by atoms with Crippen LogP contribution in [-0.2, 0) is 6.18 Å². The lowest BCUT2D eigenvalue weighted by Gasteiger charge is -2.07. The number of halogens is 3. The zero-order chi connectivity index (χ0) is 14.8. The summed E-state index contributed by atoms with van der Waals surface area (Å²) in [4.78, 5) is 11.6. The van der Waals surface area contributed by atoms with Gasteiger partial charge in [-0.25, -0.2) is 9.97 Å². The smallest absolute Gasteiger partial charge is 0.373 e. The molecule has 20 heavy (non-hydrogen) atoms. The minimum Gasteiger partial charge on any atom is -0.373 e. The molecule has 0 aliphatic carbocycles. The summed E-state index contributed by atoms with van der Waals surface area (Å²) in [5, 5.41) is 3.69. The highest BCUT2D eigenvalue weighted by Crippen LogP contribution is 2.31. The standard InChI is InChI=1S/C11H10F3N5S/c1-16-7-4-9(19-10(15)18-7)20-8-3-2-6(5-17-8)11(12,13)14/h2-5H,1H3,(H3,15,16,18,19). The average molecular weight is 301 g/mol. The molecule has 0 aliphatic heterocycles. The molecule has 0 saturated heterocycles. The summed E-state index contributed by atoms with van der Waals surface area (Å²) < 4.78 is 37.2. The number of pyridine rings is 1. The summed E-state index contributed by atoms with van der Waals surface area (Å²) >= 11 is 1.10. The third-order valence-electron chi connectivity index (χ3n) is 2.25. The maximum atomic E-state index is 12.4. The number of rotatable bonds is 3. The van der Waals surface area contributed by atoms with Crippen LogP contribution in [0.3, 0.4) is 0 Å². The van der Waals surface area contributed by atoms with Crippen LogP contribution < -0.4 is 11.1 Å². The molecule has 0 fully saturated rings. The van der Waals surface area contributed by atoms with Crippen molar-refractivity contribution in [3.8, 4) is 0 Å². The Kier molecular flexibility index (Phi) is 3.98. The van der Waals surface area contributed by atoms with Crippen LogP contribution in [0, 0.1) is 0 Å². The highest BCUT2D eigenvalue weighted by atomic mass is 32.2. The molecule has 2 rings (SSSR count). The van der Waals surface area contributed by atoms with E-state index in [1.54, 1.807) is 13.1 Å². The molecular formula is C11H10F3N5S. The molecule has 106 valence electrons. The van der Waals surface area contributed by atoms with Gasteiger partial charge in [0.05, 0.1) is 5.56 Å². The van der Waals surface area contributed by atoms with Gasteiger partial charge in [0.15, 0.2) is 0 Å². The second-order valence-corrected chi connectivity index (χ2v) is 4.73. The Balaban J connectivity index is 2.20. The number of hydrogen-bond donors (Lipinski definition) is 2. The fourth-order valence-corrected chi connectivity index (χ4v) is 2.10. The van der Waals surface area contributed by atoms with E-state index in [4.69, 9.17) is 5.73 Å². The number of nitrogens with two attached hydrogens (primary N) is 1. The van der Waals surface area contributed by atoms with E-state index < -0.39 is 11.7 Å². The molecule has 0 amide bonds. The summed E-state index contributed by atoms with van der Waals surface area (Å²) in [6.07, 6.45) is -3.61. The van der Waals surface area contributed by atoms with Gasteiger partial charge in [-0.3, -0.25) is 0 Å². The Labute approximate surface area is 116 Å². The number of nitrogens with zero attached hydrogens (tertiary/aromatic N) is 3. The molecule has 0 aliphatic rings. The molecule has 3 N–H and O–H groups in total. The third-order valence-corrected chi connectivity index (χ3v) is 3.12. The molecule has 0 saturated carbocycles. The van der Waals surface area contributed by atoms with Crippen molar-refractivity contribution in [2.45, 2.75) is 16.2 Å². The van der Waals surface area contributed by atoms with Gasteiger partial charge < -0.3 is 11.1 Å². The lowest BCUT2D eigenvalue weighted by molar-refractivity contribution is -0.137. The third kappa shape index (κ3) is 3.50. The number of alkyl halides is 3. The Bertz CT molecular complexity index is 600. The van der Waals surface area contributed by atoms with E-state index >= 15 is 0 Å². The van der Waals surface area contributed by atoms with E-state index in [0.29, 0.717) is 15.9 Å². The van der Waals surface area contributed by atoms with E-state index in [0.717, 1.165) is 24.0 Å². The van der Waals surface area contributed by atoms with Crippen molar-refractivity contribution in [1.29, 1.82) is 0 Å². The highest BCUT2D eigenvalue weighted by Gasteiger charge is 2.30. The maximum Gasteiger partial charge on any atom is 0.417 e. The van der Waals surface area contributed by atoms with Crippen molar-refractivity contribution in [1.82, 2.24) is 15.0 Å². The highest BCUT2D eigenvalue weighted by molar-refractivity contribution is 7.99. The number of nitrogens with one attached hydrogen (secondary N) is 1. The second kappa shape index (κ2) is 5.53. The molecule has 0 bridgehead atoms. The normalized spacial score (nSPS) is 11.4. The van der Waals surface area contributed by atoms with Crippen molar-refractivity contribution in [2.24, 2.45) is 0 Å². The number of nitrogen functional groups attached to an aromatic ring is 1.